The lowest BCUT2D eigenvalue weighted by Gasteiger charge is -2.13. The molecule has 0 unspecified atom stereocenters. The second-order valence-electron chi connectivity index (χ2n) is 3.67. The van der Waals surface area contributed by atoms with Crippen molar-refractivity contribution in [2.45, 2.75) is 6.42 Å². The number of benzene rings is 1. The minimum Gasteiger partial charge on any atom is -0.385 e. The average Bonchev–Trinajstić information content (AvgIpc) is 2.44. The Labute approximate surface area is 126 Å². The number of methoxy groups -OCH3 is 1. The molecule has 20 heavy (non-hydrogen) atoms. The Kier molecular flexibility index (Phi) is 6.63. The van der Waals surface area contributed by atoms with Crippen LogP contribution < -0.4 is 10.6 Å². The van der Waals surface area contributed by atoms with Crippen molar-refractivity contribution in [2.24, 2.45) is 0 Å². The van der Waals surface area contributed by atoms with Gasteiger partial charge in [0.05, 0.1) is 4.47 Å². The highest BCUT2D eigenvalue weighted by Crippen LogP contribution is 2.31. The highest BCUT2D eigenvalue weighted by Gasteiger charge is 2.24. The van der Waals surface area contributed by atoms with E-state index >= 15 is 0 Å². The van der Waals surface area contributed by atoms with Crippen LogP contribution in [-0.4, -0.2) is 25.4 Å². The van der Waals surface area contributed by atoms with E-state index < -0.39 is 33.4 Å². The van der Waals surface area contributed by atoms with E-state index in [0.717, 1.165) is 0 Å². The Morgan fingerprint density at radius 1 is 1.15 bits per heavy atom. The van der Waals surface area contributed by atoms with Crippen LogP contribution in [-0.2, 0) is 4.74 Å². The molecule has 2 N–H and O–H groups in total. The van der Waals surface area contributed by atoms with Gasteiger partial charge in [-0.15, -0.1) is 0 Å². The highest BCUT2D eigenvalue weighted by atomic mass is 79.9. The first kappa shape index (κ1) is 17.1. The Morgan fingerprint density at radius 2 is 1.70 bits per heavy atom. The van der Waals surface area contributed by atoms with Gasteiger partial charge in [-0.25, -0.2) is 17.6 Å². The fourth-order valence-corrected chi connectivity index (χ4v) is 1.84. The number of hydrogen-bond donors (Lipinski definition) is 2. The molecule has 1 rings (SSSR count). The molecular weight excluding hydrogens is 364 g/mol. The summed E-state index contributed by atoms with van der Waals surface area (Å²) in [5.41, 5.74) is -0.979. The number of hydrogen-bond acceptors (Lipinski definition) is 2. The average molecular weight is 375 g/mol. The maximum absolute atomic E-state index is 13.5. The van der Waals surface area contributed by atoms with E-state index in [1.165, 1.54) is 7.11 Å². The van der Waals surface area contributed by atoms with E-state index in [2.05, 4.69) is 26.6 Å². The van der Waals surface area contributed by atoms with Crippen LogP contribution in [0.2, 0.25) is 0 Å². The quantitative estimate of drug-likeness (QED) is 0.272. The molecule has 0 aliphatic heterocycles. The van der Waals surface area contributed by atoms with Gasteiger partial charge >= 0.3 is 0 Å². The summed E-state index contributed by atoms with van der Waals surface area (Å²) >= 11 is 7.19. The van der Waals surface area contributed by atoms with Gasteiger partial charge in [0.15, 0.2) is 28.4 Å². The van der Waals surface area contributed by atoms with E-state index in [9.17, 15) is 17.6 Å². The minimum absolute atomic E-state index is 0.153. The third-order valence-corrected chi connectivity index (χ3v) is 3.20. The second kappa shape index (κ2) is 7.75. The van der Waals surface area contributed by atoms with Crippen LogP contribution in [0.3, 0.4) is 0 Å². The number of anilines is 1. The molecule has 0 saturated heterocycles. The lowest BCUT2D eigenvalue weighted by atomic mass is 10.2. The first-order valence-corrected chi connectivity index (χ1v) is 6.65. The summed E-state index contributed by atoms with van der Waals surface area (Å²) in [6.07, 6.45) is 0.604. The van der Waals surface area contributed by atoms with E-state index in [-0.39, 0.29) is 5.11 Å². The van der Waals surface area contributed by atoms with Crippen LogP contribution in [0, 0.1) is 23.3 Å². The normalized spacial score (nSPS) is 10.5. The first-order valence-electron chi connectivity index (χ1n) is 5.45. The van der Waals surface area contributed by atoms with Crippen molar-refractivity contribution in [3.63, 3.8) is 0 Å². The van der Waals surface area contributed by atoms with Gasteiger partial charge in [0.1, 0.15) is 5.69 Å². The van der Waals surface area contributed by atoms with Crippen molar-refractivity contribution >= 4 is 38.9 Å². The van der Waals surface area contributed by atoms with Gasteiger partial charge in [-0.1, -0.05) is 0 Å². The molecule has 112 valence electrons. The Morgan fingerprint density at radius 3 is 2.20 bits per heavy atom. The monoisotopic (exact) mass is 374 g/mol. The molecule has 0 aliphatic carbocycles. The topological polar surface area (TPSA) is 33.3 Å². The van der Waals surface area contributed by atoms with Crippen LogP contribution in [0.15, 0.2) is 4.47 Å². The zero-order valence-corrected chi connectivity index (χ0v) is 12.7. The zero-order valence-electron chi connectivity index (χ0n) is 10.3. The maximum atomic E-state index is 13.5. The number of halogens is 5. The third kappa shape index (κ3) is 4.03. The van der Waals surface area contributed by atoms with E-state index in [1.54, 1.807) is 0 Å². The van der Waals surface area contributed by atoms with E-state index in [4.69, 9.17) is 17.0 Å². The Bertz CT molecular complexity index is 487. The van der Waals surface area contributed by atoms with Gasteiger partial charge in [0, 0.05) is 20.3 Å². The summed E-state index contributed by atoms with van der Waals surface area (Å²) < 4.78 is 57.5. The van der Waals surface area contributed by atoms with Crippen molar-refractivity contribution in [3.8, 4) is 0 Å². The summed E-state index contributed by atoms with van der Waals surface area (Å²) in [7, 11) is 1.52. The highest BCUT2D eigenvalue weighted by molar-refractivity contribution is 9.10. The number of rotatable bonds is 5. The SMILES string of the molecule is COCCCNC(=S)Nc1c(F)c(F)c(Br)c(F)c1F. The molecule has 0 fully saturated rings. The van der Waals surface area contributed by atoms with Crippen LogP contribution in [0.25, 0.3) is 0 Å². The van der Waals surface area contributed by atoms with Gasteiger partial charge in [-0.2, -0.15) is 0 Å². The van der Waals surface area contributed by atoms with Crippen LogP contribution in [0.5, 0.6) is 0 Å². The molecule has 3 nitrogen and oxygen atoms in total. The fraction of sp³-hybridized carbons (Fsp3) is 0.364. The van der Waals surface area contributed by atoms with Gasteiger partial charge < -0.3 is 15.4 Å². The molecule has 9 heteroatoms. The number of nitrogens with one attached hydrogen (secondary N) is 2. The molecule has 0 heterocycles. The van der Waals surface area contributed by atoms with Crippen molar-refractivity contribution in [2.75, 3.05) is 25.6 Å². The summed E-state index contributed by atoms with van der Waals surface area (Å²) in [5, 5.41) is 4.56. The lowest BCUT2D eigenvalue weighted by molar-refractivity contribution is 0.196. The summed E-state index contributed by atoms with van der Waals surface area (Å²) in [5.74, 6) is -6.18. The summed E-state index contributed by atoms with van der Waals surface area (Å²) in [4.78, 5) is 0. The molecule has 0 atom stereocenters. The van der Waals surface area contributed by atoms with Crippen molar-refractivity contribution in [1.82, 2.24) is 5.32 Å². The number of thiocarbonyl (C=S) groups is 1. The minimum atomic E-state index is -1.56. The number of ether oxygens (including phenoxy) is 1. The molecule has 0 spiro atoms. The van der Waals surface area contributed by atoms with E-state index in [1.807, 2.05) is 0 Å². The standard InChI is InChI=1S/C11H11BrF4N2OS/c1-19-4-2-3-17-11(20)18-10-8(15)6(13)5(12)7(14)9(10)16/h2-4H2,1H3,(H2,17,18,20). The molecule has 0 aliphatic rings. The van der Waals surface area contributed by atoms with Crippen molar-refractivity contribution < 1.29 is 22.3 Å². The van der Waals surface area contributed by atoms with Gasteiger partial charge in [-0.3, -0.25) is 0 Å². The predicted octanol–water partition coefficient (Wildman–Crippen LogP) is 3.33. The van der Waals surface area contributed by atoms with Crippen LogP contribution in [0.4, 0.5) is 23.2 Å². The molecule has 1 aromatic rings. The van der Waals surface area contributed by atoms with Gasteiger partial charge in [0.2, 0.25) is 0 Å². The molecule has 0 amide bonds. The maximum Gasteiger partial charge on any atom is 0.186 e. The summed E-state index contributed by atoms with van der Waals surface area (Å²) in [6, 6.07) is 0. The largest absolute Gasteiger partial charge is 0.385 e. The summed E-state index contributed by atoms with van der Waals surface area (Å²) in [6.45, 7) is 0.851. The molecule has 0 bridgehead atoms. The Balaban J connectivity index is 2.80. The zero-order chi connectivity index (χ0) is 15.3. The first-order chi connectivity index (χ1) is 9.40. The van der Waals surface area contributed by atoms with Crippen molar-refractivity contribution in [1.29, 1.82) is 0 Å². The van der Waals surface area contributed by atoms with Gasteiger partial charge in [-0.05, 0) is 34.6 Å². The van der Waals surface area contributed by atoms with Crippen LogP contribution in [0.1, 0.15) is 6.42 Å². The van der Waals surface area contributed by atoms with Gasteiger partial charge in [0.25, 0.3) is 0 Å². The predicted molar refractivity (Wildman–Crippen MR) is 74.7 cm³/mol. The fourth-order valence-electron chi connectivity index (χ4n) is 1.29. The van der Waals surface area contributed by atoms with Crippen molar-refractivity contribution in [3.05, 3.63) is 27.7 Å². The molecule has 0 aromatic heterocycles. The molecule has 0 saturated carbocycles. The van der Waals surface area contributed by atoms with Crippen LogP contribution >= 0.6 is 28.1 Å². The molecule has 1 aromatic carbocycles. The third-order valence-electron chi connectivity index (χ3n) is 2.26. The smallest absolute Gasteiger partial charge is 0.186 e. The molecule has 0 radical (unpaired) electrons. The second-order valence-corrected chi connectivity index (χ2v) is 4.87. The van der Waals surface area contributed by atoms with E-state index in [0.29, 0.717) is 19.6 Å². The lowest BCUT2D eigenvalue weighted by Crippen LogP contribution is -2.30. The molecular formula is C11H11BrF4N2OS. The Hall–Kier alpha value is -0.930.